The molecule has 2 aromatic rings. The van der Waals surface area contributed by atoms with E-state index in [0.717, 1.165) is 0 Å². The van der Waals surface area contributed by atoms with E-state index in [-0.39, 0.29) is 16.7 Å². The number of benzene rings is 2. The van der Waals surface area contributed by atoms with Gasteiger partial charge >= 0.3 is 0 Å². The summed E-state index contributed by atoms with van der Waals surface area (Å²) in [6, 6.07) is 11.3. The van der Waals surface area contributed by atoms with Crippen molar-refractivity contribution < 1.29 is 18.0 Å². The molecule has 0 heterocycles. The molecule has 0 fully saturated rings. The monoisotopic (exact) mass is 465 g/mol. The number of sulfonamides is 1. The number of hydrogen-bond donors (Lipinski definition) is 2. The predicted molar refractivity (Wildman–Crippen MR) is 123 cm³/mol. The van der Waals surface area contributed by atoms with Gasteiger partial charge in [0.15, 0.2) is 0 Å². The molecule has 9 heteroatoms. The molecule has 168 valence electrons. The Bertz CT molecular complexity index is 1020. The smallest absolute Gasteiger partial charge is 0.253 e. The number of amides is 2. The normalized spacial score (nSPS) is 12.5. The summed E-state index contributed by atoms with van der Waals surface area (Å²) in [5.74, 6) is -0.965. The van der Waals surface area contributed by atoms with Crippen LogP contribution in [-0.2, 0) is 14.8 Å². The molecule has 0 bridgehead atoms. The predicted octanol–water partition coefficient (Wildman–Crippen LogP) is 3.76. The summed E-state index contributed by atoms with van der Waals surface area (Å²) in [5, 5.41) is 3.13. The summed E-state index contributed by atoms with van der Waals surface area (Å²) < 4.78 is 27.9. The topological polar surface area (TPSA) is 95.6 Å². The van der Waals surface area contributed by atoms with Crippen LogP contribution in [0.25, 0.3) is 0 Å². The highest BCUT2D eigenvalue weighted by Gasteiger charge is 2.28. The number of halogens is 1. The number of carbonyl (C=O) groups is 2. The van der Waals surface area contributed by atoms with Crippen LogP contribution in [0.3, 0.4) is 0 Å². The van der Waals surface area contributed by atoms with Gasteiger partial charge < -0.3 is 10.2 Å². The highest BCUT2D eigenvalue weighted by molar-refractivity contribution is 7.89. The molecule has 31 heavy (non-hydrogen) atoms. The summed E-state index contributed by atoms with van der Waals surface area (Å²) in [6.45, 7) is 8.44. The van der Waals surface area contributed by atoms with Crippen LogP contribution in [0.15, 0.2) is 53.4 Å². The third kappa shape index (κ3) is 6.53. The van der Waals surface area contributed by atoms with Crippen LogP contribution in [0.2, 0.25) is 5.02 Å². The molecule has 0 spiro atoms. The van der Waals surface area contributed by atoms with E-state index >= 15 is 0 Å². The SMILES string of the molecule is CCN(CC)C(=O)c1cccc(NC(=O)C(NS(=O)(=O)c2ccc(Cl)cc2)C(C)C)c1. The first kappa shape index (κ1) is 24.8. The number of rotatable bonds is 9. The van der Waals surface area contributed by atoms with Crippen LogP contribution in [0, 0.1) is 5.92 Å². The number of hydrogen-bond acceptors (Lipinski definition) is 4. The number of nitrogens with one attached hydrogen (secondary N) is 2. The maximum Gasteiger partial charge on any atom is 0.253 e. The zero-order valence-electron chi connectivity index (χ0n) is 18.1. The lowest BCUT2D eigenvalue weighted by atomic mass is 10.0. The van der Waals surface area contributed by atoms with Crippen LogP contribution >= 0.6 is 11.6 Å². The maximum absolute atomic E-state index is 12.9. The Morgan fingerprint density at radius 1 is 1.03 bits per heavy atom. The Morgan fingerprint density at radius 2 is 1.65 bits per heavy atom. The highest BCUT2D eigenvalue weighted by Crippen LogP contribution is 2.18. The molecule has 0 aromatic heterocycles. The second-order valence-corrected chi connectivity index (χ2v) is 9.49. The van der Waals surface area contributed by atoms with Gasteiger partial charge in [-0.15, -0.1) is 0 Å². The largest absolute Gasteiger partial charge is 0.339 e. The lowest BCUT2D eigenvalue weighted by Crippen LogP contribution is -2.47. The molecule has 2 aromatic carbocycles. The molecule has 0 radical (unpaired) electrons. The van der Waals surface area contributed by atoms with Crippen LogP contribution in [0.4, 0.5) is 5.69 Å². The van der Waals surface area contributed by atoms with E-state index in [1.165, 1.54) is 24.3 Å². The first-order valence-electron chi connectivity index (χ1n) is 10.1. The second-order valence-electron chi connectivity index (χ2n) is 7.34. The fraction of sp³-hybridized carbons (Fsp3) is 0.364. The third-order valence-electron chi connectivity index (χ3n) is 4.78. The maximum atomic E-state index is 12.9. The van der Waals surface area contributed by atoms with Gasteiger partial charge in [0.25, 0.3) is 5.91 Å². The zero-order chi connectivity index (χ0) is 23.2. The van der Waals surface area contributed by atoms with Crippen LogP contribution < -0.4 is 10.0 Å². The second kappa shape index (κ2) is 10.7. The molecule has 0 aliphatic heterocycles. The van der Waals surface area contributed by atoms with Gasteiger partial charge in [-0.25, -0.2) is 8.42 Å². The van der Waals surface area contributed by atoms with Gasteiger partial charge in [-0.05, 0) is 62.2 Å². The Hall–Kier alpha value is -2.42. The van der Waals surface area contributed by atoms with Crippen molar-refractivity contribution in [2.45, 2.75) is 38.6 Å². The first-order valence-corrected chi connectivity index (χ1v) is 11.9. The summed E-state index contributed by atoms with van der Waals surface area (Å²) >= 11 is 5.83. The van der Waals surface area contributed by atoms with Gasteiger partial charge in [0, 0.05) is 29.4 Å². The minimum absolute atomic E-state index is 0.0159. The van der Waals surface area contributed by atoms with Gasteiger partial charge in [-0.1, -0.05) is 31.5 Å². The van der Waals surface area contributed by atoms with Crippen LogP contribution in [0.1, 0.15) is 38.1 Å². The van der Waals surface area contributed by atoms with Crippen LogP contribution in [0.5, 0.6) is 0 Å². The van der Waals surface area contributed by atoms with Gasteiger partial charge in [0.1, 0.15) is 6.04 Å². The van der Waals surface area contributed by atoms with Crippen molar-refractivity contribution in [3.63, 3.8) is 0 Å². The fourth-order valence-electron chi connectivity index (χ4n) is 2.98. The molecular formula is C22H28ClN3O4S. The van der Waals surface area contributed by atoms with Crippen LogP contribution in [-0.4, -0.2) is 44.3 Å². The van der Waals surface area contributed by atoms with Gasteiger partial charge in [0.05, 0.1) is 4.90 Å². The van der Waals surface area contributed by atoms with Gasteiger partial charge in [-0.2, -0.15) is 4.72 Å². The molecule has 2 N–H and O–H groups in total. The average molecular weight is 466 g/mol. The fourth-order valence-corrected chi connectivity index (χ4v) is 4.45. The van der Waals surface area contributed by atoms with E-state index in [1.54, 1.807) is 43.0 Å². The first-order chi connectivity index (χ1) is 14.6. The molecule has 0 saturated carbocycles. The minimum Gasteiger partial charge on any atom is -0.339 e. The molecule has 2 amide bonds. The molecule has 1 atom stereocenters. The minimum atomic E-state index is -3.93. The van der Waals surface area contributed by atoms with Crippen molar-refractivity contribution in [2.24, 2.45) is 5.92 Å². The molecule has 0 aliphatic rings. The number of anilines is 1. The molecule has 1 unspecified atom stereocenters. The molecule has 7 nitrogen and oxygen atoms in total. The van der Waals surface area contributed by atoms with E-state index in [1.807, 2.05) is 13.8 Å². The Morgan fingerprint density at radius 3 is 2.19 bits per heavy atom. The van der Waals surface area contributed by atoms with E-state index < -0.39 is 22.0 Å². The molecule has 2 rings (SSSR count). The standard InChI is InChI=1S/C22H28ClN3O4S/c1-5-26(6-2)22(28)16-8-7-9-18(14-16)24-21(27)20(15(3)4)25-31(29,30)19-12-10-17(23)11-13-19/h7-15,20,25H,5-6H2,1-4H3,(H,24,27). The summed E-state index contributed by atoms with van der Waals surface area (Å²) in [5.41, 5.74) is 0.865. The van der Waals surface area contributed by atoms with Gasteiger partial charge in [0.2, 0.25) is 15.9 Å². The van der Waals surface area contributed by atoms with E-state index in [9.17, 15) is 18.0 Å². The van der Waals surface area contributed by atoms with E-state index in [0.29, 0.717) is 29.4 Å². The Labute approximate surface area is 188 Å². The average Bonchev–Trinajstić information content (AvgIpc) is 2.73. The Kier molecular flexibility index (Phi) is 8.61. The summed E-state index contributed by atoms with van der Waals surface area (Å²) in [4.78, 5) is 27.2. The quantitative estimate of drug-likeness (QED) is 0.589. The third-order valence-corrected chi connectivity index (χ3v) is 6.49. The van der Waals surface area contributed by atoms with E-state index in [2.05, 4.69) is 10.0 Å². The van der Waals surface area contributed by atoms with Crippen molar-refractivity contribution in [1.29, 1.82) is 0 Å². The van der Waals surface area contributed by atoms with E-state index in [4.69, 9.17) is 11.6 Å². The number of nitrogens with zero attached hydrogens (tertiary/aromatic N) is 1. The van der Waals surface area contributed by atoms with Crippen molar-refractivity contribution in [3.8, 4) is 0 Å². The number of carbonyl (C=O) groups excluding carboxylic acids is 2. The zero-order valence-corrected chi connectivity index (χ0v) is 19.6. The van der Waals surface area contributed by atoms with Gasteiger partial charge in [-0.3, -0.25) is 9.59 Å². The summed E-state index contributed by atoms with van der Waals surface area (Å²) in [7, 11) is -3.93. The highest BCUT2D eigenvalue weighted by atomic mass is 35.5. The van der Waals surface area contributed by atoms with Crippen molar-refractivity contribution in [1.82, 2.24) is 9.62 Å². The lowest BCUT2D eigenvalue weighted by molar-refractivity contribution is -0.118. The molecule has 0 saturated heterocycles. The summed E-state index contributed by atoms with van der Waals surface area (Å²) in [6.07, 6.45) is 0. The lowest BCUT2D eigenvalue weighted by Gasteiger charge is -2.22. The van der Waals surface area contributed by atoms with Crippen molar-refractivity contribution >= 4 is 39.1 Å². The van der Waals surface area contributed by atoms with Crippen molar-refractivity contribution in [2.75, 3.05) is 18.4 Å². The molecule has 0 aliphatic carbocycles. The Balaban J connectivity index is 2.20. The molecular weight excluding hydrogens is 438 g/mol. The van der Waals surface area contributed by atoms with Crippen molar-refractivity contribution in [3.05, 3.63) is 59.1 Å².